The number of rotatable bonds is 9. The molecule has 170 valence electrons. The van der Waals surface area contributed by atoms with Crippen LogP contribution in [0, 0.1) is 3.57 Å². The van der Waals surface area contributed by atoms with Crippen LogP contribution in [-0.2, 0) is 4.79 Å². The van der Waals surface area contributed by atoms with Crippen LogP contribution in [0.4, 0.5) is 0 Å². The summed E-state index contributed by atoms with van der Waals surface area (Å²) in [6, 6.07) is 35.2. The Bertz CT molecular complexity index is 1270. The van der Waals surface area contributed by atoms with Gasteiger partial charge in [-0.2, -0.15) is 0 Å². The molecule has 0 radical (unpaired) electrons. The zero-order chi connectivity index (χ0) is 23.8. The minimum Gasteiger partial charge on any atom is -0.482 e. The second kappa shape index (κ2) is 11.9. The molecule has 0 atom stereocenters. The van der Waals surface area contributed by atoms with Crippen LogP contribution in [0.1, 0.15) is 11.1 Å². The first-order valence-electron chi connectivity index (χ1n) is 10.8. The average Bonchev–Trinajstić information content (AvgIpc) is 2.87. The highest BCUT2D eigenvalue weighted by atomic mass is 127. The lowest BCUT2D eigenvalue weighted by Gasteiger charge is -2.11. The van der Waals surface area contributed by atoms with Crippen LogP contribution < -0.4 is 4.74 Å². The lowest BCUT2D eigenvalue weighted by atomic mass is 9.95. The standard InChI is InChI=1S/C29H23IO3S/c30-25-8-4-7-24(19-25)28(23-11-9-22(10-12-23)21-5-2-1-3-6-21)17-18-34-27-15-13-26(14-16-27)33-20-29(31)32/h1-17,19H,18,20H2,(H,31,32). The summed E-state index contributed by atoms with van der Waals surface area (Å²) in [6.45, 7) is -0.336. The van der Waals surface area contributed by atoms with E-state index >= 15 is 0 Å². The van der Waals surface area contributed by atoms with E-state index in [0.29, 0.717) is 5.75 Å². The Morgan fingerprint density at radius 3 is 2.21 bits per heavy atom. The van der Waals surface area contributed by atoms with Crippen molar-refractivity contribution in [2.24, 2.45) is 0 Å². The maximum Gasteiger partial charge on any atom is 0.341 e. The van der Waals surface area contributed by atoms with Gasteiger partial charge in [0, 0.05) is 14.2 Å². The van der Waals surface area contributed by atoms with E-state index in [4.69, 9.17) is 9.84 Å². The Morgan fingerprint density at radius 2 is 1.53 bits per heavy atom. The minimum absolute atomic E-state index is 0.336. The van der Waals surface area contributed by atoms with E-state index in [1.165, 1.54) is 31.4 Å². The Balaban J connectivity index is 1.53. The number of carbonyl (C=O) groups is 1. The van der Waals surface area contributed by atoms with Crippen LogP contribution in [0.25, 0.3) is 16.7 Å². The first-order valence-corrected chi connectivity index (χ1v) is 12.8. The van der Waals surface area contributed by atoms with Gasteiger partial charge in [-0.25, -0.2) is 4.79 Å². The van der Waals surface area contributed by atoms with Gasteiger partial charge in [0.1, 0.15) is 5.75 Å². The highest BCUT2D eigenvalue weighted by Crippen LogP contribution is 2.29. The van der Waals surface area contributed by atoms with Crippen molar-refractivity contribution >= 4 is 45.9 Å². The Hall–Kier alpha value is -3.03. The van der Waals surface area contributed by atoms with Crippen molar-refractivity contribution in [3.05, 3.63) is 124 Å². The lowest BCUT2D eigenvalue weighted by molar-refractivity contribution is -0.139. The fourth-order valence-electron chi connectivity index (χ4n) is 3.53. The minimum atomic E-state index is -0.983. The molecule has 1 N–H and O–H groups in total. The molecule has 0 heterocycles. The molecule has 0 amide bonds. The van der Waals surface area contributed by atoms with Crippen molar-refractivity contribution in [1.29, 1.82) is 0 Å². The number of carboxylic acids is 1. The van der Waals surface area contributed by atoms with E-state index in [-0.39, 0.29) is 6.61 Å². The Labute approximate surface area is 217 Å². The third-order valence-corrected chi connectivity index (χ3v) is 6.77. The normalized spacial score (nSPS) is 11.3. The fourth-order valence-corrected chi connectivity index (χ4v) is 4.84. The van der Waals surface area contributed by atoms with Crippen molar-refractivity contribution in [3.63, 3.8) is 0 Å². The molecule has 0 aliphatic carbocycles. The van der Waals surface area contributed by atoms with Crippen LogP contribution >= 0.6 is 34.4 Å². The van der Waals surface area contributed by atoms with Crippen LogP contribution in [0.3, 0.4) is 0 Å². The SMILES string of the molecule is O=C(O)COc1ccc(SCC=C(c2ccc(-c3ccccc3)cc2)c2cccc(I)c2)cc1. The summed E-state index contributed by atoms with van der Waals surface area (Å²) in [6.07, 6.45) is 2.27. The molecule has 4 aromatic carbocycles. The topological polar surface area (TPSA) is 46.5 Å². The Morgan fingerprint density at radius 1 is 0.824 bits per heavy atom. The molecule has 0 aromatic heterocycles. The summed E-state index contributed by atoms with van der Waals surface area (Å²) in [5.41, 5.74) is 5.98. The van der Waals surface area contributed by atoms with Crippen molar-refractivity contribution in [2.45, 2.75) is 4.90 Å². The fraction of sp³-hybridized carbons (Fsp3) is 0.0690. The summed E-state index contributed by atoms with van der Waals surface area (Å²) < 4.78 is 6.41. The number of ether oxygens (including phenoxy) is 1. The van der Waals surface area contributed by atoms with E-state index in [2.05, 4.69) is 101 Å². The van der Waals surface area contributed by atoms with Gasteiger partial charge in [0.15, 0.2) is 6.61 Å². The molecule has 0 spiro atoms. The Kier molecular flexibility index (Phi) is 8.44. The molecule has 4 aromatic rings. The van der Waals surface area contributed by atoms with Crippen LogP contribution in [0.2, 0.25) is 0 Å². The molecule has 3 nitrogen and oxygen atoms in total. The summed E-state index contributed by atoms with van der Waals surface area (Å²) in [7, 11) is 0. The quantitative estimate of drug-likeness (QED) is 0.164. The largest absolute Gasteiger partial charge is 0.482 e. The predicted molar refractivity (Wildman–Crippen MR) is 148 cm³/mol. The van der Waals surface area contributed by atoms with Gasteiger partial charge in [0.25, 0.3) is 0 Å². The van der Waals surface area contributed by atoms with Crippen molar-refractivity contribution < 1.29 is 14.6 Å². The number of aliphatic carboxylic acids is 1. The van der Waals surface area contributed by atoms with Gasteiger partial charge in [0.05, 0.1) is 0 Å². The van der Waals surface area contributed by atoms with Crippen LogP contribution in [0.15, 0.2) is 114 Å². The maximum absolute atomic E-state index is 10.7. The van der Waals surface area contributed by atoms with Gasteiger partial charge in [-0.15, -0.1) is 11.8 Å². The zero-order valence-electron chi connectivity index (χ0n) is 18.4. The van der Waals surface area contributed by atoms with Gasteiger partial charge in [0.2, 0.25) is 0 Å². The van der Waals surface area contributed by atoms with E-state index in [1.807, 2.05) is 18.2 Å². The first kappa shape index (κ1) is 24.1. The molecule has 34 heavy (non-hydrogen) atoms. The number of hydrogen-bond donors (Lipinski definition) is 1. The highest BCUT2D eigenvalue weighted by molar-refractivity contribution is 14.1. The van der Waals surface area contributed by atoms with Gasteiger partial charge >= 0.3 is 5.97 Å². The van der Waals surface area contributed by atoms with Gasteiger partial charge in [-0.1, -0.05) is 72.8 Å². The molecule has 0 aliphatic rings. The first-order chi connectivity index (χ1) is 16.6. The van der Waals surface area contributed by atoms with Crippen molar-refractivity contribution in [3.8, 4) is 16.9 Å². The number of halogens is 1. The molecular weight excluding hydrogens is 555 g/mol. The maximum atomic E-state index is 10.7. The molecule has 0 saturated heterocycles. The van der Waals surface area contributed by atoms with Crippen molar-refractivity contribution in [2.75, 3.05) is 12.4 Å². The van der Waals surface area contributed by atoms with Gasteiger partial charge < -0.3 is 9.84 Å². The zero-order valence-corrected chi connectivity index (χ0v) is 21.3. The lowest BCUT2D eigenvalue weighted by Crippen LogP contribution is -2.09. The average molecular weight is 578 g/mol. The second-order valence-electron chi connectivity index (χ2n) is 7.54. The molecular formula is C29H23IO3S. The van der Waals surface area contributed by atoms with E-state index in [0.717, 1.165) is 10.6 Å². The van der Waals surface area contributed by atoms with E-state index in [9.17, 15) is 4.79 Å². The number of benzene rings is 4. The highest BCUT2D eigenvalue weighted by Gasteiger charge is 2.07. The third kappa shape index (κ3) is 6.74. The predicted octanol–water partition coefficient (Wildman–Crippen LogP) is 7.65. The monoisotopic (exact) mass is 578 g/mol. The molecule has 0 saturated carbocycles. The smallest absolute Gasteiger partial charge is 0.341 e. The van der Waals surface area contributed by atoms with Crippen molar-refractivity contribution in [1.82, 2.24) is 0 Å². The second-order valence-corrected chi connectivity index (χ2v) is 9.88. The van der Waals surface area contributed by atoms with Gasteiger partial charge in [-0.05, 0) is 86.8 Å². The summed E-state index contributed by atoms with van der Waals surface area (Å²) in [4.78, 5) is 11.8. The molecule has 5 heteroatoms. The van der Waals surface area contributed by atoms with Gasteiger partial charge in [-0.3, -0.25) is 0 Å². The molecule has 4 rings (SSSR count). The number of carboxylic acid groups (broad SMARTS) is 1. The number of hydrogen-bond acceptors (Lipinski definition) is 3. The summed E-state index contributed by atoms with van der Waals surface area (Å²) in [5.74, 6) is 0.375. The molecule has 0 aliphatic heterocycles. The van der Waals surface area contributed by atoms with Crippen LogP contribution in [0.5, 0.6) is 5.75 Å². The summed E-state index contributed by atoms with van der Waals surface area (Å²) >= 11 is 4.08. The number of thioether (sulfide) groups is 1. The van der Waals surface area contributed by atoms with E-state index < -0.39 is 5.97 Å². The molecule has 0 bridgehead atoms. The van der Waals surface area contributed by atoms with Crippen LogP contribution in [-0.4, -0.2) is 23.4 Å². The molecule has 0 fully saturated rings. The van der Waals surface area contributed by atoms with E-state index in [1.54, 1.807) is 23.9 Å². The molecule has 0 unspecified atom stereocenters. The third-order valence-electron chi connectivity index (χ3n) is 5.16. The summed E-state index contributed by atoms with van der Waals surface area (Å²) in [5, 5.41) is 8.74.